The topological polar surface area (TPSA) is 12.0 Å². The molecule has 0 spiro atoms. The Labute approximate surface area is 115 Å². The smallest absolute Gasteiger partial charge is 0.128 e. The van der Waals surface area contributed by atoms with Crippen LogP contribution in [0.15, 0.2) is 46.9 Å². The molecule has 18 heavy (non-hydrogen) atoms. The van der Waals surface area contributed by atoms with Crippen molar-refractivity contribution in [3.05, 3.63) is 63.9 Å². The predicted molar refractivity (Wildman–Crippen MR) is 77.2 cm³/mol. The maximum absolute atomic E-state index is 13.5. The first kappa shape index (κ1) is 13.1. The lowest BCUT2D eigenvalue weighted by atomic mass is 10.1. The molecule has 94 valence electrons. The van der Waals surface area contributed by atoms with E-state index in [4.69, 9.17) is 0 Å². The van der Waals surface area contributed by atoms with Gasteiger partial charge in [0.05, 0.1) is 0 Å². The van der Waals surface area contributed by atoms with Gasteiger partial charge in [-0.1, -0.05) is 35.0 Å². The second-order valence-corrected chi connectivity index (χ2v) is 5.06. The van der Waals surface area contributed by atoms with E-state index in [0.717, 1.165) is 16.6 Å². The van der Waals surface area contributed by atoms with Gasteiger partial charge in [-0.2, -0.15) is 0 Å². The average molecular weight is 308 g/mol. The molecular weight excluding hydrogens is 293 g/mol. The third kappa shape index (κ3) is 3.33. The number of benzene rings is 2. The fraction of sp³-hybridized carbons (Fsp3) is 0.200. The van der Waals surface area contributed by atoms with Crippen LogP contribution in [-0.4, -0.2) is 0 Å². The van der Waals surface area contributed by atoms with Gasteiger partial charge < -0.3 is 5.32 Å². The van der Waals surface area contributed by atoms with Crippen molar-refractivity contribution in [2.45, 2.75) is 19.9 Å². The SMILES string of the molecule is CCc1ccc(NCc2cc(Br)ccc2F)cc1. The maximum atomic E-state index is 13.5. The van der Waals surface area contributed by atoms with Crippen LogP contribution in [-0.2, 0) is 13.0 Å². The highest BCUT2D eigenvalue weighted by molar-refractivity contribution is 9.10. The Bertz CT molecular complexity index is 523. The van der Waals surface area contributed by atoms with E-state index in [-0.39, 0.29) is 5.82 Å². The lowest BCUT2D eigenvalue weighted by Crippen LogP contribution is -2.01. The Morgan fingerprint density at radius 3 is 2.50 bits per heavy atom. The number of halogens is 2. The second-order valence-electron chi connectivity index (χ2n) is 4.14. The van der Waals surface area contributed by atoms with Gasteiger partial charge in [-0.15, -0.1) is 0 Å². The lowest BCUT2D eigenvalue weighted by molar-refractivity contribution is 0.612. The van der Waals surface area contributed by atoms with Crippen LogP contribution in [0.25, 0.3) is 0 Å². The normalized spacial score (nSPS) is 10.4. The first-order valence-corrected chi connectivity index (χ1v) is 6.75. The fourth-order valence-corrected chi connectivity index (χ4v) is 2.14. The number of aryl methyl sites for hydroxylation is 1. The highest BCUT2D eigenvalue weighted by atomic mass is 79.9. The van der Waals surface area contributed by atoms with Gasteiger partial charge in [0.2, 0.25) is 0 Å². The van der Waals surface area contributed by atoms with E-state index in [9.17, 15) is 4.39 Å². The minimum atomic E-state index is -0.184. The summed E-state index contributed by atoms with van der Waals surface area (Å²) in [6, 6.07) is 13.2. The summed E-state index contributed by atoms with van der Waals surface area (Å²) in [7, 11) is 0. The van der Waals surface area contributed by atoms with E-state index >= 15 is 0 Å². The van der Waals surface area contributed by atoms with Crippen LogP contribution in [0, 0.1) is 5.82 Å². The molecule has 1 nitrogen and oxygen atoms in total. The molecule has 1 N–H and O–H groups in total. The predicted octanol–water partition coefficient (Wildman–Crippen LogP) is 4.76. The molecule has 0 aliphatic heterocycles. The van der Waals surface area contributed by atoms with Crippen LogP contribution in [0.5, 0.6) is 0 Å². The van der Waals surface area contributed by atoms with Crippen LogP contribution in [0.2, 0.25) is 0 Å². The molecule has 0 atom stereocenters. The zero-order valence-electron chi connectivity index (χ0n) is 10.2. The average Bonchev–Trinajstić information content (AvgIpc) is 2.40. The van der Waals surface area contributed by atoms with E-state index in [1.807, 2.05) is 12.1 Å². The van der Waals surface area contributed by atoms with Crippen molar-refractivity contribution in [2.24, 2.45) is 0 Å². The molecule has 0 aromatic heterocycles. The molecule has 0 bridgehead atoms. The first-order valence-electron chi connectivity index (χ1n) is 5.96. The number of hydrogen-bond acceptors (Lipinski definition) is 1. The van der Waals surface area contributed by atoms with Gasteiger partial charge in [0, 0.05) is 22.3 Å². The van der Waals surface area contributed by atoms with Crippen molar-refractivity contribution in [3.63, 3.8) is 0 Å². The summed E-state index contributed by atoms with van der Waals surface area (Å²) in [4.78, 5) is 0. The highest BCUT2D eigenvalue weighted by Gasteiger charge is 2.02. The lowest BCUT2D eigenvalue weighted by Gasteiger charge is -2.08. The van der Waals surface area contributed by atoms with Crippen LogP contribution in [0.3, 0.4) is 0 Å². The van der Waals surface area contributed by atoms with Crippen LogP contribution >= 0.6 is 15.9 Å². The molecule has 3 heteroatoms. The maximum Gasteiger partial charge on any atom is 0.128 e. The molecule has 0 aliphatic rings. The van der Waals surface area contributed by atoms with E-state index < -0.39 is 0 Å². The van der Waals surface area contributed by atoms with Gasteiger partial charge in [0.15, 0.2) is 0 Å². The van der Waals surface area contributed by atoms with E-state index in [0.29, 0.717) is 12.1 Å². The number of nitrogens with one attached hydrogen (secondary N) is 1. The minimum Gasteiger partial charge on any atom is -0.381 e. The molecule has 0 heterocycles. The summed E-state index contributed by atoms with van der Waals surface area (Å²) in [6.07, 6.45) is 1.03. The summed E-state index contributed by atoms with van der Waals surface area (Å²) < 4.78 is 14.4. The van der Waals surface area contributed by atoms with Gasteiger partial charge >= 0.3 is 0 Å². The second kappa shape index (κ2) is 6.01. The van der Waals surface area contributed by atoms with Crippen molar-refractivity contribution >= 4 is 21.6 Å². The Kier molecular flexibility index (Phi) is 4.37. The highest BCUT2D eigenvalue weighted by Crippen LogP contribution is 2.17. The molecule has 0 unspecified atom stereocenters. The zero-order valence-corrected chi connectivity index (χ0v) is 11.8. The quantitative estimate of drug-likeness (QED) is 0.858. The molecule has 0 aliphatic carbocycles. The molecule has 2 aromatic carbocycles. The first-order chi connectivity index (χ1) is 8.69. The van der Waals surface area contributed by atoms with E-state index in [1.165, 1.54) is 11.6 Å². The molecular formula is C15H15BrFN. The molecule has 2 rings (SSSR count). The standard InChI is InChI=1S/C15H15BrFN/c1-2-11-3-6-14(7-4-11)18-10-12-9-13(16)5-8-15(12)17/h3-9,18H,2,10H2,1H3. The summed E-state index contributed by atoms with van der Waals surface area (Å²) in [5.41, 5.74) is 2.96. The van der Waals surface area contributed by atoms with Gasteiger partial charge in [-0.05, 0) is 42.3 Å². The number of hydrogen-bond donors (Lipinski definition) is 1. The van der Waals surface area contributed by atoms with E-state index in [2.05, 4.69) is 40.3 Å². The molecule has 0 fully saturated rings. The Hall–Kier alpha value is -1.35. The monoisotopic (exact) mass is 307 g/mol. The Morgan fingerprint density at radius 1 is 1.11 bits per heavy atom. The van der Waals surface area contributed by atoms with Crippen molar-refractivity contribution in [3.8, 4) is 0 Å². The van der Waals surface area contributed by atoms with Crippen molar-refractivity contribution in [1.29, 1.82) is 0 Å². The van der Waals surface area contributed by atoms with E-state index in [1.54, 1.807) is 12.1 Å². The van der Waals surface area contributed by atoms with Crippen LogP contribution in [0.4, 0.5) is 10.1 Å². The summed E-state index contributed by atoms with van der Waals surface area (Å²) in [5.74, 6) is -0.184. The number of anilines is 1. The van der Waals surface area contributed by atoms with Gasteiger partial charge in [-0.3, -0.25) is 0 Å². The molecule has 0 radical (unpaired) electrons. The zero-order chi connectivity index (χ0) is 13.0. The fourth-order valence-electron chi connectivity index (χ4n) is 1.73. The van der Waals surface area contributed by atoms with Gasteiger partial charge in [-0.25, -0.2) is 4.39 Å². The van der Waals surface area contributed by atoms with Gasteiger partial charge in [0.25, 0.3) is 0 Å². The molecule has 2 aromatic rings. The molecule has 0 saturated heterocycles. The van der Waals surface area contributed by atoms with Crippen molar-refractivity contribution in [2.75, 3.05) is 5.32 Å². The van der Waals surface area contributed by atoms with Crippen LogP contribution in [0.1, 0.15) is 18.1 Å². The molecule has 0 saturated carbocycles. The third-order valence-electron chi connectivity index (χ3n) is 2.85. The van der Waals surface area contributed by atoms with Crippen molar-refractivity contribution < 1.29 is 4.39 Å². The third-order valence-corrected chi connectivity index (χ3v) is 3.35. The van der Waals surface area contributed by atoms with Crippen molar-refractivity contribution in [1.82, 2.24) is 0 Å². The Morgan fingerprint density at radius 2 is 1.83 bits per heavy atom. The number of rotatable bonds is 4. The Balaban J connectivity index is 2.04. The largest absolute Gasteiger partial charge is 0.381 e. The minimum absolute atomic E-state index is 0.184. The van der Waals surface area contributed by atoms with Crippen LogP contribution < -0.4 is 5.32 Å². The summed E-state index contributed by atoms with van der Waals surface area (Å²) >= 11 is 3.35. The van der Waals surface area contributed by atoms with Gasteiger partial charge in [0.1, 0.15) is 5.82 Å². The molecule has 0 amide bonds. The summed E-state index contributed by atoms with van der Waals surface area (Å²) in [5, 5.41) is 3.22. The summed E-state index contributed by atoms with van der Waals surface area (Å²) in [6.45, 7) is 2.61.